The number of nitrogens with zero attached hydrogens (tertiary/aromatic N) is 1. The first-order chi connectivity index (χ1) is 17.4. The van der Waals surface area contributed by atoms with E-state index in [2.05, 4.69) is 47.2 Å². The Morgan fingerprint density at radius 3 is 2.31 bits per heavy atom. The molecule has 1 N–H and O–H groups in total. The number of rotatable bonds is 9. The van der Waals surface area contributed by atoms with E-state index in [9.17, 15) is 9.59 Å². The van der Waals surface area contributed by atoms with Crippen LogP contribution in [0.5, 0.6) is 0 Å². The van der Waals surface area contributed by atoms with Gasteiger partial charge in [-0.05, 0) is 66.6 Å². The molecule has 3 aromatic rings. The van der Waals surface area contributed by atoms with Crippen LogP contribution in [-0.4, -0.2) is 28.8 Å². The third-order valence-corrected chi connectivity index (χ3v) is 7.63. The Balaban J connectivity index is 1.66. The van der Waals surface area contributed by atoms with Gasteiger partial charge in [0.25, 0.3) is 0 Å². The minimum atomic E-state index is -0.592. The van der Waals surface area contributed by atoms with E-state index in [1.165, 1.54) is 11.1 Å². The van der Waals surface area contributed by atoms with Crippen LogP contribution in [0.2, 0.25) is 0 Å². The van der Waals surface area contributed by atoms with Crippen molar-refractivity contribution in [3.8, 4) is 0 Å². The normalized spacial score (nSPS) is 14.4. The molecule has 0 unspecified atom stereocenters. The number of aryl methyl sites for hydroxylation is 2. The van der Waals surface area contributed by atoms with Crippen LogP contribution in [0.4, 0.5) is 0 Å². The van der Waals surface area contributed by atoms with Gasteiger partial charge in [-0.1, -0.05) is 89.4 Å². The predicted molar refractivity (Wildman–Crippen MR) is 149 cm³/mol. The molecule has 1 fully saturated rings. The highest BCUT2D eigenvalue weighted by Crippen LogP contribution is 2.22. The highest BCUT2D eigenvalue weighted by Gasteiger charge is 2.32. The van der Waals surface area contributed by atoms with Crippen molar-refractivity contribution >= 4 is 27.7 Å². The van der Waals surface area contributed by atoms with Crippen LogP contribution in [0.15, 0.2) is 77.3 Å². The van der Waals surface area contributed by atoms with Gasteiger partial charge in [-0.3, -0.25) is 9.59 Å². The Kier molecular flexibility index (Phi) is 8.98. The van der Waals surface area contributed by atoms with E-state index in [1.807, 2.05) is 60.7 Å². The number of hydrogen-bond acceptors (Lipinski definition) is 2. The second kappa shape index (κ2) is 12.4. The monoisotopic (exact) mass is 546 g/mol. The first kappa shape index (κ1) is 26.2. The van der Waals surface area contributed by atoms with E-state index in [1.54, 1.807) is 4.90 Å². The number of halogens is 1. The zero-order valence-corrected chi connectivity index (χ0v) is 22.8. The van der Waals surface area contributed by atoms with Crippen LogP contribution in [-0.2, 0) is 29.0 Å². The maximum Gasteiger partial charge on any atom is 0.243 e. The van der Waals surface area contributed by atoms with Gasteiger partial charge >= 0.3 is 0 Å². The summed E-state index contributed by atoms with van der Waals surface area (Å²) >= 11 is 3.55. The molecule has 0 bridgehead atoms. The summed E-state index contributed by atoms with van der Waals surface area (Å²) in [6.45, 7) is 4.51. The van der Waals surface area contributed by atoms with Gasteiger partial charge in [0.2, 0.25) is 11.8 Å². The fourth-order valence-corrected chi connectivity index (χ4v) is 5.39. The highest BCUT2D eigenvalue weighted by molar-refractivity contribution is 9.10. The Morgan fingerprint density at radius 2 is 1.61 bits per heavy atom. The molecule has 36 heavy (non-hydrogen) atoms. The number of benzene rings is 3. The minimum absolute atomic E-state index is 0.0410. The standard InChI is InChI=1S/C31H35BrN2O2/c1-22-15-16-25(17-23(22)2)20-30(35)34(21-26-11-8-12-27(32)18-26)29(19-24-9-4-3-5-10-24)31(36)33-28-13-6-7-14-28/h3-5,8-12,15-18,28-29H,6-7,13-14,19-21H2,1-2H3,(H,33,36)/t29-/m1/s1. The molecule has 1 aliphatic rings. The lowest BCUT2D eigenvalue weighted by molar-refractivity contribution is -0.141. The highest BCUT2D eigenvalue weighted by atomic mass is 79.9. The molecule has 4 nitrogen and oxygen atoms in total. The van der Waals surface area contributed by atoms with E-state index in [0.29, 0.717) is 13.0 Å². The van der Waals surface area contributed by atoms with E-state index >= 15 is 0 Å². The first-order valence-electron chi connectivity index (χ1n) is 12.8. The van der Waals surface area contributed by atoms with Crippen LogP contribution >= 0.6 is 15.9 Å². The molecule has 3 aromatic carbocycles. The smallest absolute Gasteiger partial charge is 0.243 e. The number of carbonyl (C=O) groups excluding carboxylic acids is 2. The zero-order chi connectivity index (χ0) is 25.5. The van der Waals surface area contributed by atoms with E-state index in [4.69, 9.17) is 0 Å². The quantitative estimate of drug-likeness (QED) is 0.342. The Labute approximate surface area is 223 Å². The van der Waals surface area contributed by atoms with Gasteiger partial charge in [-0.15, -0.1) is 0 Å². The number of amides is 2. The van der Waals surface area contributed by atoms with Gasteiger partial charge in [0.1, 0.15) is 6.04 Å². The second-order valence-corrected chi connectivity index (χ2v) is 10.9. The summed E-state index contributed by atoms with van der Waals surface area (Å²) in [5, 5.41) is 3.27. The molecule has 2 amide bonds. The van der Waals surface area contributed by atoms with Crippen molar-refractivity contribution in [3.05, 3.63) is 105 Å². The summed E-state index contributed by atoms with van der Waals surface area (Å²) in [7, 11) is 0. The third kappa shape index (κ3) is 7.07. The van der Waals surface area contributed by atoms with E-state index in [-0.39, 0.29) is 24.3 Å². The molecule has 0 spiro atoms. The summed E-state index contributed by atoms with van der Waals surface area (Å²) in [4.78, 5) is 29.4. The molecule has 0 saturated heterocycles. The van der Waals surface area contributed by atoms with Crippen molar-refractivity contribution in [3.63, 3.8) is 0 Å². The average molecular weight is 548 g/mol. The van der Waals surface area contributed by atoms with Crippen LogP contribution in [0.25, 0.3) is 0 Å². The van der Waals surface area contributed by atoms with E-state index < -0.39 is 6.04 Å². The van der Waals surface area contributed by atoms with Crippen LogP contribution in [0, 0.1) is 13.8 Å². The predicted octanol–water partition coefficient (Wildman–Crippen LogP) is 6.31. The Morgan fingerprint density at radius 1 is 0.889 bits per heavy atom. The van der Waals surface area contributed by atoms with Crippen LogP contribution in [0.1, 0.15) is 53.5 Å². The maximum absolute atomic E-state index is 13.9. The van der Waals surface area contributed by atoms with Gasteiger partial charge in [0.05, 0.1) is 6.42 Å². The Bertz CT molecular complexity index is 1190. The summed E-state index contributed by atoms with van der Waals surface area (Å²) in [6.07, 6.45) is 5.03. The fraction of sp³-hybridized carbons (Fsp3) is 0.355. The lowest BCUT2D eigenvalue weighted by Gasteiger charge is -2.32. The van der Waals surface area contributed by atoms with Gasteiger partial charge in [-0.2, -0.15) is 0 Å². The summed E-state index contributed by atoms with van der Waals surface area (Å²) < 4.78 is 0.955. The summed E-state index contributed by atoms with van der Waals surface area (Å²) in [6, 6.07) is 23.7. The molecular weight excluding hydrogens is 512 g/mol. The molecule has 0 radical (unpaired) electrons. The van der Waals surface area contributed by atoms with Crippen LogP contribution < -0.4 is 5.32 Å². The first-order valence-corrected chi connectivity index (χ1v) is 13.6. The minimum Gasteiger partial charge on any atom is -0.352 e. The molecule has 1 aliphatic carbocycles. The van der Waals surface area contributed by atoms with Crippen LogP contribution in [0.3, 0.4) is 0 Å². The number of hydrogen-bond donors (Lipinski definition) is 1. The second-order valence-electron chi connectivity index (χ2n) is 9.94. The van der Waals surface area contributed by atoms with Gasteiger partial charge in [0, 0.05) is 23.5 Å². The lowest BCUT2D eigenvalue weighted by Crippen LogP contribution is -2.52. The van der Waals surface area contributed by atoms with Crippen molar-refractivity contribution in [1.29, 1.82) is 0 Å². The molecule has 1 atom stereocenters. The van der Waals surface area contributed by atoms with Crippen molar-refractivity contribution in [2.24, 2.45) is 0 Å². The van der Waals surface area contributed by atoms with Crippen molar-refractivity contribution in [2.45, 2.75) is 71.0 Å². The lowest BCUT2D eigenvalue weighted by atomic mass is 10.00. The van der Waals surface area contributed by atoms with Gasteiger partial charge in [0.15, 0.2) is 0 Å². The topological polar surface area (TPSA) is 49.4 Å². The average Bonchev–Trinajstić information content (AvgIpc) is 3.37. The van der Waals surface area contributed by atoms with Crippen molar-refractivity contribution in [2.75, 3.05) is 0 Å². The Hall–Kier alpha value is -2.92. The molecular formula is C31H35BrN2O2. The molecule has 188 valence electrons. The molecule has 5 heteroatoms. The number of nitrogens with one attached hydrogen (secondary N) is 1. The maximum atomic E-state index is 13.9. The molecule has 0 heterocycles. The third-order valence-electron chi connectivity index (χ3n) is 7.14. The summed E-state index contributed by atoms with van der Waals surface area (Å²) in [5.74, 6) is -0.102. The number of carbonyl (C=O) groups is 2. The fourth-order valence-electron chi connectivity index (χ4n) is 4.94. The molecule has 0 aromatic heterocycles. The zero-order valence-electron chi connectivity index (χ0n) is 21.2. The molecule has 4 rings (SSSR count). The van der Waals surface area contributed by atoms with Crippen molar-refractivity contribution in [1.82, 2.24) is 10.2 Å². The SMILES string of the molecule is Cc1ccc(CC(=O)N(Cc2cccc(Br)c2)[C@H](Cc2ccccc2)C(=O)NC2CCCC2)cc1C. The molecule has 0 aliphatic heterocycles. The van der Waals surface area contributed by atoms with E-state index in [0.717, 1.165) is 46.8 Å². The van der Waals surface area contributed by atoms with Gasteiger partial charge in [-0.25, -0.2) is 0 Å². The van der Waals surface area contributed by atoms with Gasteiger partial charge < -0.3 is 10.2 Å². The molecule has 1 saturated carbocycles. The van der Waals surface area contributed by atoms with Crippen molar-refractivity contribution < 1.29 is 9.59 Å². The summed E-state index contributed by atoms with van der Waals surface area (Å²) in [5.41, 5.74) is 5.37. The largest absolute Gasteiger partial charge is 0.352 e.